The van der Waals surface area contributed by atoms with Crippen molar-refractivity contribution in [2.75, 3.05) is 0 Å². The lowest BCUT2D eigenvalue weighted by molar-refractivity contribution is -0.120. The van der Waals surface area contributed by atoms with E-state index in [9.17, 15) is 21.6 Å². The molecule has 1 amide bonds. The predicted octanol–water partition coefficient (Wildman–Crippen LogP) is 1.30. The lowest BCUT2D eigenvalue weighted by Crippen LogP contribution is -2.31. The van der Waals surface area contributed by atoms with Gasteiger partial charge in [-0.2, -0.15) is 0 Å². The van der Waals surface area contributed by atoms with Gasteiger partial charge in [-0.15, -0.1) is 11.3 Å². The van der Waals surface area contributed by atoms with Crippen LogP contribution in [0, 0.1) is 0 Å². The number of carbonyl (C=O) groups excluding carboxylic acids is 1. The van der Waals surface area contributed by atoms with Gasteiger partial charge >= 0.3 is 0 Å². The van der Waals surface area contributed by atoms with E-state index in [2.05, 4.69) is 5.32 Å². The topological polar surface area (TPSA) is 123 Å². The Balaban J connectivity index is 2.23. The van der Waals surface area contributed by atoms with Crippen LogP contribution in [0.15, 0.2) is 49.7 Å². The predicted molar refractivity (Wildman–Crippen MR) is 94.6 cm³/mol. The highest BCUT2D eigenvalue weighted by Crippen LogP contribution is 2.29. The van der Waals surface area contributed by atoms with Crippen molar-refractivity contribution in [1.29, 1.82) is 0 Å². The Kier molecular flexibility index (Phi) is 5.67. The fourth-order valence-corrected chi connectivity index (χ4v) is 5.65. The van der Waals surface area contributed by atoms with Crippen molar-refractivity contribution >= 4 is 37.1 Å². The molecule has 1 heterocycles. The van der Waals surface area contributed by atoms with E-state index in [-0.39, 0.29) is 31.7 Å². The van der Waals surface area contributed by atoms with Gasteiger partial charge < -0.3 is 5.32 Å². The van der Waals surface area contributed by atoms with Crippen LogP contribution in [0.1, 0.15) is 19.4 Å². The minimum atomic E-state index is -3.95. The Labute approximate surface area is 150 Å². The number of hydrogen-bond acceptors (Lipinski definition) is 6. The molecule has 7 nitrogen and oxygen atoms in total. The van der Waals surface area contributed by atoms with E-state index in [4.69, 9.17) is 5.14 Å². The van der Waals surface area contributed by atoms with Crippen molar-refractivity contribution in [2.24, 2.45) is 5.14 Å². The summed E-state index contributed by atoms with van der Waals surface area (Å²) < 4.78 is 47.4. The number of thiophene rings is 1. The Bertz CT molecular complexity index is 974. The first kappa shape index (κ1) is 19.6. The summed E-state index contributed by atoms with van der Waals surface area (Å²) in [6, 6.07) is 8.30. The highest BCUT2D eigenvalue weighted by atomic mass is 32.3. The minimum Gasteiger partial charge on any atom is -0.354 e. The minimum absolute atomic E-state index is 0.0170. The molecule has 0 atom stereocenters. The molecule has 1 aromatic heterocycles. The SMILES string of the molecule is CC(C)NC(=O)Cc1ccc(S(=O)(=O)c2ccc(S(N)(=O)=O)s2)cc1. The summed E-state index contributed by atoms with van der Waals surface area (Å²) in [6.45, 7) is 3.70. The van der Waals surface area contributed by atoms with Crippen molar-refractivity contribution in [3.8, 4) is 0 Å². The van der Waals surface area contributed by atoms with E-state index in [0.717, 1.165) is 6.07 Å². The number of hydrogen-bond donors (Lipinski definition) is 2. The fraction of sp³-hybridized carbons (Fsp3) is 0.267. The molecular weight excluding hydrogens is 384 g/mol. The Morgan fingerprint density at radius 3 is 2.08 bits per heavy atom. The molecule has 136 valence electrons. The zero-order chi connectivity index (χ0) is 18.8. The number of amides is 1. The van der Waals surface area contributed by atoms with E-state index in [1.165, 1.54) is 18.2 Å². The van der Waals surface area contributed by atoms with E-state index < -0.39 is 19.9 Å². The molecule has 3 N–H and O–H groups in total. The van der Waals surface area contributed by atoms with Crippen molar-refractivity contribution in [3.63, 3.8) is 0 Å². The van der Waals surface area contributed by atoms with Crippen molar-refractivity contribution in [3.05, 3.63) is 42.0 Å². The van der Waals surface area contributed by atoms with Crippen LogP contribution in [0.5, 0.6) is 0 Å². The molecule has 1 aromatic carbocycles. The lowest BCUT2D eigenvalue weighted by atomic mass is 10.1. The van der Waals surface area contributed by atoms with Gasteiger partial charge in [0.25, 0.3) is 0 Å². The number of rotatable bonds is 6. The van der Waals surface area contributed by atoms with Gasteiger partial charge in [-0.05, 0) is 43.7 Å². The van der Waals surface area contributed by atoms with E-state index >= 15 is 0 Å². The molecule has 0 aliphatic rings. The summed E-state index contributed by atoms with van der Waals surface area (Å²) in [5, 5.41) is 7.76. The number of primary sulfonamides is 1. The van der Waals surface area contributed by atoms with E-state index in [0.29, 0.717) is 16.9 Å². The van der Waals surface area contributed by atoms with Gasteiger partial charge in [-0.3, -0.25) is 4.79 Å². The molecule has 0 aliphatic heterocycles. The molecule has 0 saturated heterocycles. The number of nitrogens with two attached hydrogens (primary N) is 1. The molecule has 0 saturated carbocycles. The summed E-state index contributed by atoms with van der Waals surface area (Å²) in [4.78, 5) is 11.7. The van der Waals surface area contributed by atoms with Gasteiger partial charge in [-0.1, -0.05) is 12.1 Å². The van der Waals surface area contributed by atoms with Crippen LogP contribution >= 0.6 is 11.3 Å². The van der Waals surface area contributed by atoms with Crippen LogP contribution in [-0.2, 0) is 31.1 Å². The average Bonchev–Trinajstić information content (AvgIpc) is 2.97. The maximum Gasteiger partial charge on any atom is 0.247 e. The number of sulfone groups is 1. The lowest BCUT2D eigenvalue weighted by Gasteiger charge is -2.08. The third kappa shape index (κ3) is 4.88. The van der Waals surface area contributed by atoms with Gasteiger partial charge in [-0.25, -0.2) is 22.0 Å². The van der Waals surface area contributed by atoms with Crippen molar-refractivity contribution in [2.45, 2.75) is 39.6 Å². The highest BCUT2D eigenvalue weighted by Gasteiger charge is 2.22. The van der Waals surface area contributed by atoms with Crippen molar-refractivity contribution in [1.82, 2.24) is 5.32 Å². The first-order valence-electron chi connectivity index (χ1n) is 7.26. The summed E-state index contributed by atoms with van der Waals surface area (Å²) in [5.74, 6) is -0.151. The van der Waals surface area contributed by atoms with Gasteiger partial charge in [0.2, 0.25) is 25.8 Å². The smallest absolute Gasteiger partial charge is 0.247 e. The van der Waals surface area contributed by atoms with Crippen LogP contribution in [0.25, 0.3) is 0 Å². The molecule has 0 unspecified atom stereocenters. The Morgan fingerprint density at radius 1 is 1.04 bits per heavy atom. The first-order chi connectivity index (χ1) is 11.5. The summed E-state index contributed by atoms with van der Waals surface area (Å²) in [7, 11) is -7.79. The van der Waals surface area contributed by atoms with Gasteiger partial charge in [0.15, 0.2) is 0 Å². The summed E-state index contributed by atoms with van der Waals surface area (Å²) in [5.41, 5.74) is 0.675. The summed E-state index contributed by atoms with van der Waals surface area (Å²) in [6.07, 6.45) is 0.146. The second-order valence-corrected chi connectivity index (χ2v) is 10.7. The van der Waals surface area contributed by atoms with E-state index in [1.807, 2.05) is 13.8 Å². The number of benzene rings is 1. The highest BCUT2D eigenvalue weighted by molar-refractivity contribution is 7.95. The second-order valence-electron chi connectivity index (χ2n) is 5.66. The third-order valence-electron chi connectivity index (χ3n) is 3.15. The average molecular weight is 403 g/mol. The van der Waals surface area contributed by atoms with Crippen LogP contribution in [0.3, 0.4) is 0 Å². The zero-order valence-electron chi connectivity index (χ0n) is 13.6. The van der Waals surface area contributed by atoms with Crippen molar-refractivity contribution < 1.29 is 21.6 Å². The molecule has 25 heavy (non-hydrogen) atoms. The van der Waals surface area contributed by atoms with Gasteiger partial charge in [0.1, 0.15) is 8.42 Å². The molecule has 0 spiro atoms. The Morgan fingerprint density at radius 2 is 1.60 bits per heavy atom. The van der Waals surface area contributed by atoms with Gasteiger partial charge in [0, 0.05) is 6.04 Å². The quantitative estimate of drug-likeness (QED) is 0.754. The van der Waals surface area contributed by atoms with Crippen LogP contribution in [-0.4, -0.2) is 28.8 Å². The van der Waals surface area contributed by atoms with Crippen LogP contribution in [0.2, 0.25) is 0 Å². The molecule has 2 aromatic rings. The van der Waals surface area contributed by atoms with E-state index in [1.54, 1.807) is 12.1 Å². The molecule has 0 bridgehead atoms. The fourth-order valence-electron chi connectivity index (χ4n) is 2.06. The Hall–Kier alpha value is -1.75. The number of nitrogens with one attached hydrogen (secondary N) is 1. The van der Waals surface area contributed by atoms with Crippen LogP contribution < -0.4 is 10.5 Å². The zero-order valence-corrected chi connectivity index (χ0v) is 16.0. The molecule has 2 rings (SSSR count). The summed E-state index contributed by atoms with van der Waals surface area (Å²) >= 11 is 0.598. The van der Waals surface area contributed by atoms with Crippen LogP contribution in [0.4, 0.5) is 0 Å². The van der Waals surface area contributed by atoms with Gasteiger partial charge in [0.05, 0.1) is 11.3 Å². The molecule has 10 heteroatoms. The maximum absolute atomic E-state index is 12.5. The first-order valence-corrected chi connectivity index (χ1v) is 11.1. The number of carbonyl (C=O) groups is 1. The standard InChI is InChI=1S/C15H18N2O5S3/c1-10(2)17-13(18)9-11-3-5-12(6-4-11)24(19,20)14-7-8-15(23-14)25(16,21)22/h3-8,10H,9H2,1-2H3,(H,17,18)(H2,16,21,22). The largest absolute Gasteiger partial charge is 0.354 e. The molecular formula is C15H18N2O5S3. The molecule has 0 fully saturated rings. The maximum atomic E-state index is 12.5. The normalized spacial score (nSPS) is 12.3. The molecule has 0 radical (unpaired) electrons. The number of sulfonamides is 1. The second kappa shape index (κ2) is 7.24. The third-order valence-corrected chi connectivity index (χ3v) is 7.94. The molecule has 0 aliphatic carbocycles. The monoisotopic (exact) mass is 402 g/mol.